The van der Waals surface area contributed by atoms with Crippen LogP contribution >= 0.6 is 0 Å². The highest BCUT2D eigenvalue weighted by atomic mass is 16.2. The van der Waals surface area contributed by atoms with Crippen LogP contribution < -0.4 is 9.91 Å². The first kappa shape index (κ1) is 22.4. The van der Waals surface area contributed by atoms with Crippen LogP contribution in [0.5, 0.6) is 0 Å². The van der Waals surface area contributed by atoms with Gasteiger partial charge in [0.2, 0.25) is 5.91 Å². The van der Waals surface area contributed by atoms with Crippen molar-refractivity contribution in [1.29, 1.82) is 0 Å². The van der Waals surface area contributed by atoms with Crippen molar-refractivity contribution in [2.45, 2.75) is 52.0 Å². The second-order valence-electron chi connectivity index (χ2n) is 10.5. The van der Waals surface area contributed by atoms with E-state index < -0.39 is 5.41 Å². The van der Waals surface area contributed by atoms with E-state index in [0.717, 1.165) is 41.1 Å². The Labute approximate surface area is 202 Å². The van der Waals surface area contributed by atoms with E-state index in [9.17, 15) is 4.79 Å². The molecule has 0 saturated heterocycles. The van der Waals surface area contributed by atoms with E-state index in [1.54, 1.807) is 0 Å². The Kier molecular flexibility index (Phi) is 5.35. The van der Waals surface area contributed by atoms with E-state index in [-0.39, 0.29) is 17.4 Å². The number of aryl methyl sites for hydroxylation is 1. The van der Waals surface area contributed by atoms with Crippen molar-refractivity contribution < 1.29 is 4.79 Å². The Hall–Kier alpha value is -3.40. The molecule has 0 bridgehead atoms. The third-order valence-electron chi connectivity index (χ3n) is 7.82. The minimum Gasteiger partial charge on any atom is -0.314 e. The number of amides is 1. The highest BCUT2D eigenvalue weighted by Crippen LogP contribution is 2.47. The molecule has 1 amide bonds. The average Bonchev–Trinajstić information content (AvgIpc) is 3.21. The van der Waals surface area contributed by atoms with Gasteiger partial charge in [0.25, 0.3) is 0 Å². The summed E-state index contributed by atoms with van der Waals surface area (Å²) in [5.41, 5.74) is 5.98. The number of benzene rings is 3. The molecule has 2 heterocycles. The molecule has 2 atom stereocenters. The number of rotatable bonds is 5. The van der Waals surface area contributed by atoms with Crippen LogP contribution in [0.4, 0.5) is 11.4 Å². The summed E-state index contributed by atoms with van der Waals surface area (Å²) in [4.78, 5) is 15.3. The Morgan fingerprint density at radius 2 is 1.56 bits per heavy atom. The lowest BCUT2D eigenvalue weighted by atomic mass is 9.72. The monoisotopic (exact) mass is 451 g/mol. The molecule has 0 radical (unpaired) electrons. The lowest BCUT2D eigenvalue weighted by Crippen LogP contribution is -2.43. The summed E-state index contributed by atoms with van der Waals surface area (Å²) in [6.45, 7) is 8.79. The molecule has 0 spiro atoms. The van der Waals surface area contributed by atoms with Crippen molar-refractivity contribution in [2.24, 2.45) is 10.5 Å². The lowest BCUT2D eigenvalue weighted by Gasteiger charge is -2.35. The van der Waals surface area contributed by atoms with Gasteiger partial charge in [-0.05, 0) is 56.0 Å². The molecule has 0 aliphatic carbocycles. The second kappa shape index (κ2) is 8.12. The van der Waals surface area contributed by atoms with Crippen molar-refractivity contribution >= 4 is 23.0 Å². The number of hydrogen-bond donors (Lipinski definition) is 0. The summed E-state index contributed by atoms with van der Waals surface area (Å²) in [5.74, 6) is 0.180. The minimum absolute atomic E-state index is 0.133. The zero-order chi connectivity index (χ0) is 24.1. The zero-order valence-electron chi connectivity index (χ0n) is 20.7. The molecule has 2 aliphatic heterocycles. The summed E-state index contributed by atoms with van der Waals surface area (Å²) in [7, 11) is 1.90. The predicted molar refractivity (Wildman–Crippen MR) is 141 cm³/mol. The maximum absolute atomic E-state index is 13.5. The minimum atomic E-state index is -0.538. The molecule has 2 aliphatic rings. The van der Waals surface area contributed by atoms with E-state index in [0.29, 0.717) is 0 Å². The van der Waals surface area contributed by atoms with Crippen LogP contribution in [0.15, 0.2) is 84.0 Å². The summed E-state index contributed by atoms with van der Waals surface area (Å²) in [6.07, 6.45) is 1.62. The molecule has 3 aromatic rings. The van der Waals surface area contributed by atoms with Gasteiger partial charge in [0.1, 0.15) is 0 Å². The number of likely N-dealkylation sites (N-methyl/N-ethyl adjacent to an activating group) is 1. The van der Waals surface area contributed by atoms with Gasteiger partial charge >= 0.3 is 0 Å². The first-order chi connectivity index (χ1) is 16.2. The number of hydrogen-bond acceptors (Lipinski definition) is 3. The maximum Gasteiger partial charge on any atom is 0.237 e. The smallest absolute Gasteiger partial charge is 0.237 e. The Morgan fingerprint density at radius 3 is 2.24 bits per heavy atom. The van der Waals surface area contributed by atoms with Crippen LogP contribution in [0.3, 0.4) is 0 Å². The Bertz CT molecular complexity index is 1250. The van der Waals surface area contributed by atoms with Crippen molar-refractivity contribution in [3.05, 3.63) is 95.6 Å². The molecule has 34 heavy (non-hydrogen) atoms. The molecule has 174 valence electrons. The molecule has 0 fully saturated rings. The summed E-state index contributed by atoms with van der Waals surface area (Å²) < 4.78 is 0. The van der Waals surface area contributed by atoms with E-state index >= 15 is 0 Å². The number of hydrazone groups is 1. The van der Waals surface area contributed by atoms with Gasteiger partial charge in [0.15, 0.2) is 0 Å². The average molecular weight is 452 g/mol. The quantitative estimate of drug-likeness (QED) is 0.454. The molecule has 4 heteroatoms. The number of carbonyl (C=O) groups is 1. The third kappa shape index (κ3) is 3.44. The van der Waals surface area contributed by atoms with Crippen LogP contribution in [0.25, 0.3) is 0 Å². The van der Waals surface area contributed by atoms with E-state index in [2.05, 4.69) is 99.4 Å². The molecule has 4 nitrogen and oxygen atoms in total. The molecule has 0 aromatic heterocycles. The van der Waals surface area contributed by atoms with Crippen LogP contribution in [0.1, 0.15) is 50.3 Å². The first-order valence-electron chi connectivity index (χ1n) is 12.1. The van der Waals surface area contributed by atoms with Gasteiger partial charge in [-0.25, -0.2) is 0 Å². The fraction of sp³-hybridized carbons (Fsp3) is 0.333. The highest BCUT2D eigenvalue weighted by molar-refractivity contribution is 6.08. The fourth-order valence-corrected chi connectivity index (χ4v) is 5.74. The van der Waals surface area contributed by atoms with Crippen molar-refractivity contribution in [2.75, 3.05) is 17.0 Å². The Balaban J connectivity index is 1.51. The van der Waals surface area contributed by atoms with Gasteiger partial charge in [0, 0.05) is 18.2 Å². The number of anilines is 2. The summed E-state index contributed by atoms with van der Waals surface area (Å²) in [6, 6.07) is 27.4. The van der Waals surface area contributed by atoms with E-state index in [1.165, 1.54) is 5.56 Å². The maximum atomic E-state index is 13.5. The van der Waals surface area contributed by atoms with Crippen LogP contribution in [-0.2, 0) is 10.2 Å². The lowest BCUT2D eigenvalue weighted by molar-refractivity contribution is -0.122. The standard InChI is InChI=1S/C30H33N3O/c1-21-16-17-25-24(20-21)30(4,28(34)32(25)5)19-18-26-29(2,3)27(22-12-8-6-9-13-22)31-33(26)23-14-10-7-11-15-23/h6-17,20,26H,18-19H2,1-5H3. The van der Waals surface area contributed by atoms with Gasteiger partial charge in [-0.3, -0.25) is 9.80 Å². The van der Waals surface area contributed by atoms with Gasteiger partial charge in [-0.2, -0.15) is 5.10 Å². The van der Waals surface area contributed by atoms with Gasteiger partial charge in [-0.1, -0.05) is 80.1 Å². The zero-order valence-corrected chi connectivity index (χ0v) is 20.7. The van der Waals surface area contributed by atoms with Crippen LogP contribution in [0, 0.1) is 12.3 Å². The summed E-state index contributed by atoms with van der Waals surface area (Å²) in [5, 5.41) is 7.36. The van der Waals surface area contributed by atoms with E-state index in [1.807, 2.05) is 24.1 Å². The van der Waals surface area contributed by atoms with Crippen LogP contribution in [0.2, 0.25) is 0 Å². The second-order valence-corrected chi connectivity index (χ2v) is 10.5. The normalized spacial score (nSPS) is 23.3. The van der Waals surface area contributed by atoms with Crippen molar-refractivity contribution in [3.63, 3.8) is 0 Å². The largest absolute Gasteiger partial charge is 0.314 e. The van der Waals surface area contributed by atoms with Crippen LogP contribution in [-0.4, -0.2) is 24.7 Å². The van der Waals surface area contributed by atoms with Gasteiger partial charge in [-0.15, -0.1) is 0 Å². The molecule has 0 N–H and O–H groups in total. The predicted octanol–water partition coefficient (Wildman–Crippen LogP) is 6.33. The first-order valence-corrected chi connectivity index (χ1v) is 12.1. The third-order valence-corrected chi connectivity index (χ3v) is 7.82. The Morgan fingerprint density at radius 1 is 0.912 bits per heavy atom. The summed E-state index contributed by atoms with van der Waals surface area (Å²) >= 11 is 0. The molecular formula is C30H33N3O. The topological polar surface area (TPSA) is 35.9 Å². The van der Waals surface area contributed by atoms with E-state index in [4.69, 9.17) is 5.10 Å². The molecule has 0 saturated carbocycles. The van der Waals surface area contributed by atoms with Crippen molar-refractivity contribution in [3.8, 4) is 0 Å². The molecule has 5 rings (SSSR count). The molecule has 3 aromatic carbocycles. The highest BCUT2D eigenvalue weighted by Gasteiger charge is 2.50. The molecule has 2 unspecified atom stereocenters. The van der Waals surface area contributed by atoms with Gasteiger partial charge < -0.3 is 4.90 Å². The van der Waals surface area contributed by atoms with Gasteiger partial charge in [0.05, 0.1) is 22.9 Å². The molecular weight excluding hydrogens is 418 g/mol. The number of carbonyl (C=O) groups excluding carboxylic acids is 1. The SMILES string of the molecule is Cc1ccc2c(c1)C(C)(CCC1N(c3ccccc3)N=C(c3ccccc3)C1(C)C)C(=O)N2C. The fourth-order valence-electron chi connectivity index (χ4n) is 5.74. The number of fused-ring (bicyclic) bond motifs is 1. The number of nitrogens with zero attached hydrogens (tertiary/aromatic N) is 3. The number of para-hydroxylation sites is 1. The van der Waals surface area contributed by atoms with Crippen molar-refractivity contribution in [1.82, 2.24) is 0 Å².